The minimum atomic E-state index is -0.370. The van der Waals surface area contributed by atoms with Crippen LogP contribution in [0.4, 0.5) is 0 Å². The van der Waals surface area contributed by atoms with Gasteiger partial charge in [-0.2, -0.15) is 10.2 Å². The van der Waals surface area contributed by atoms with E-state index in [1.54, 1.807) is 19.9 Å². The maximum Gasteiger partial charge on any atom is 0.339 e. The predicted octanol–water partition coefficient (Wildman–Crippen LogP) is 0.880. The molecule has 0 saturated heterocycles. The van der Waals surface area contributed by atoms with E-state index in [-0.39, 0.29) is 5.97 Å². The monoisotopic (exact) mass is 166 g/mol. The minimum absolute atomic E-state index is 0.370. The van der Waals surface area contributed by atoms with Gasteiger partial charge in [-0.05, 0) is 19.9 Å². The number of aryl methyl sites for hydroxylation is 2. The zero-order valence-electron chi connectivity index (χ0n) is 7.29. The molecule has 0 fully saturated rings. The van der Waals surface area contributed by atoms with E-state index in [2.05, 4.69) is 14.9 Å². The molecule has 1 heterocycles. The van der Waals surface area contributed by atoms with Crippen LogP contribution < -0.4 is 0 Å². The van der Waals surface area contributed by atoms with Crippen LogP contribution in [0.3, 0.4) is 0 Å². The second-order valence-electron chi connectivity index (χ2n) is 2.48. The summed E-state index contributed by atoms with van der Waals surface area (Å²) in [5, 5.41) is 7.60. The van der Waals surface area contributed by atoms with Crippen molar-refractivity contribution in [1.82, 2.24) is 10.2 Å². The molecule has 0 bridgehead atoms. The fraction of sp³-hybridized carbons (Fsp3) is 0.375. The van der Waals surface area contributed by atoms with E-state index >= 15 is 0 Å². The van der Waals surface area contributed by atoms with Crippen LogP contribution in [0, 0.1) is 13.8 Å². The highest BCUT2D eigenvalue weighted by Crippen LogP contribution is 2.05. The molecule has 0 N–H and O–H groups in total. The highest BCUT2D eigenvalue weighted by molar-refractivity contribution is 5.90. The molecule has 64 valence electrons. The van der Waals surface area contributed by atoms with Gasteiger partial charge in [-0.1, -0.05) is 0 Å². The highest BCUT2D eigenvalue weighted by atomic mass is 16.5. The Morgan fingerprint density at radius 2 is 2.08 bits per heavy atom. The first-order valence-corrected chi connectivity index (χ1v) is 3.54. The number of nitrogens with zero attached hydrogens (tertiary/aromatic N) is 2. The van der Waals surface area contributed by atoms with Crippen molar-refractivity contribution in [2.75, 3.05) is 7.11 Å². The number of carbonyl (C=O) groups is 1. The van der Waals surface area contributed by atoms with E-state index in [4.69, 9.17) is 0 Å². The third-order valence-electron chi connectivity index (χ3n) is 1.51. The maximum absolute atomic E-state index is 11.1. The molecule has 0 aromatic carbocycles. The van der Waals surface area contributed by atoms with Gasteiger partial charge in [0.05, 0.1) is 24.1 Å². The zero-order valence-corrected chi connectivity index (χ0v) is 7.29. The topological polar surface area (TPSA) is 52.1 Å². The van der Waals surface area contributed by atoms with Crippen molar-refractivity contribution >= 4 is 5.97 Å². The van der Waals surface area contributed by atoms with E-state index in [9.17, 15) is 4.79 Å². The molecule has 0 aliphatic heterocycles. The van der Waals surface area contributed by atoms with Crippen LogP contribution in [0.2, 0.25) is 0 Å². The zero-order chi connectivity index (χ0) is 9.14. The first-order chi connectivity index (χ1) is 5.65. The van der Waals surface area contributed by atoms with Crippen molar-refractivity contribution in [3.05, 3.63) is 23.0 Å². The molecule has 4 nitrogen and oxygen atoms in total. The molecular weight excluding hydrogens is 156 g/mol. The van der Waals surface area contributed by atoms with Gasteiger partial charge in [0.2, 0.25) is 0 Å². The number of esters is 1. The van der Waals surface area contributed by atoms with Gasteiger partial charge in [0.15, 0.2) is 0 Å². The number of methoxy groups -OCH3 is 1. The van der Waals surface area contributed by atoms with Crippen LogP contribution in [0.15, 0.2) is 6.07 Å². The van der Waals surface area contributed by atoms with E-state index in [0.29, 0.717) is 17.0 Å². The predicted molar refractivity (Wildman–Crippen MR) is 42.8 cm³/mol. The van der Waals surface area contributed by atoms with Crippen molar-refractivity contribution in [2.45, 2.75) is 13.8 Å². The smallest absolute Gasteiger partial charge is 0.339 e. The van der Waals surface area contributed by atoms with Gasteiger partial charge in [-0.3, -0.25) is 0 Å². The lowest BCUT2D eigenvalue weighted by Gasteiger charge is -2.01. The van der Waals surface area contributed by atoms with Crippen molar-refractivity contribution < 1.29 is 9.53 Å². The maximum atomic E-state index is 11.1. The van der Waals surface area contributed by atoms with Gasteiger partial charge in [0.1, 0.15) is 0 Å². The Kier molecular flexibility index (Phi) is 2.38. The van der Waals surface area contributed by atoms with Crippen LogP contribution in [0.1, 0.15) is 21.7 Å². The Balaban J connectivity index is 3.13. The van der Waals surface area contributed by atoms with Gasteiger partial charge in [0, 0.05) is 0 Å². The normalized spacial score (nSPS) is 9.58. The van der Waals surface area contributed by atoms with Crippen molar-refractivity contribution in [3.63, 3.8) is 0 Å². The molecule has 0 spiro atoms. The van der Waals surface area contributed by atoms with E-state index in [1.807, 2.05) is 0 Å². The quantitative estimate of drug-likeness (QED) is 0.581. The Hall–Kier alpha value is -1.45. The first-order valence-electron chi connectivity index (χ1n) is 3.54. The molecular formula is C8H10N2O2. The van der Waals surface area contributed by atoms with Crippen LogP contribution in [0.25, 0.3) is 0 Å². The lowest BCUT2D eigenvalue weighted by atomic mass is 10.2. The standard InChI is InChI=1S/C8H10N2O2/c1-5-4-7(8(11)12-3)6(2)10-9-5/h4H,1-3H3. The van der Waals surface area contributed by atoms with Crippen molar-refractivity contribution in [2.24, 2.45) is 0 Å². The number of ether oxygens (including phenoxy) is 1. The number of aromatic nitrogens is 2. The second-order valence-corrected chi connectivity index (χ2v) is 2.48. The molecule has 0 atom stereocenters. The third kappa shape index (κ3) is 1.58. The molecule has 0 saturated carbocycles. The molecule has 0 unspecified atom stereocenters. The molecule has 0 radical (unpaired) electrons. The summed E-state index contributed by atoms with van der Waals surface area (Å²) in [4.78, 5) is 11.1. The lowest BCUT2D eigenvalue weighted by Crippen LogP contribution is -2.07. The number of hydrogen-bond acceptors (Lipinski definition) is 4. The Bertz CT molecular complexity index is 310. The van der Waals surface area contributed by atoms with Gasteiger partial charge in [-0.15, -0.1) is 0 Å². The summed E-state index contributed by atoms with van der Waals surface area (Å²) in [5.74, 6) is -0.370. The van der Waals surface area contributed by atoms with Gasteiger partial charge >= 0.3 is 5.97 Å². The summed E-state index contributed by atoms with van der Waals surface area (Å²) in [5.41, 5.74) is 1.78. The Morgan fingerprint density at radius 1 is 1.42 bits per heavy atom. The fourth-order valence-corrected chi connectivity index (χ4v) is 0.867. The molecule has 4 heteroatoms. The van der Waals surface area contributed by atoms with Gasteiger partial charge < -0.3 is 4.74 Å². The molecule has 1 rings (SSSR count). The molecule has 0 aliphatic rings. The molecule has 1 aromatic rings. The summed E-state index contributed by atoms with van der Waals surface area (Å²) >= 11 is 0. The largest absolute Gasteiger partial charge is 0.465 e. The fourth-order valence-electron chi connectivity index (χ4n) is 0.867. The summed E-state index contributed by atoms with van der Waals surface area (Å²) in [7, 11) is 1.34. The molecule has 1 aromatic heterocycles. The van der Waals surface area contributed by atoms with Gasteiger partial charge in [-0.25, -0.2) is 4.79 Å². The van der Waals surface area contributed by atoms with Crippen LogP contribution in [-0.2, 0) is 4.74 Å². The number of carbonyl (C=O) groups excluding carboxylic acids is 1. The summed E-state index contributed by atoms with van der Waals surface area (Å²) in [6.07, 6.45) is 0. The average molecular weight is 166 g/mol. The van der Waals surface area contributed by atoms with Crippen LogP contribution in [0.5, 0.6) is 0 Å². The van der Waals surface area contributed by atoms with Crippen molar-refractivity contribution in [1.29, 1.82) is 0 Å². The second kappa shape index (κ2) is 3.30. The molecule has 0 amide bonds. The summed E-state index contributed by atoms with van der Waals surface area (Å²) < 4.78 is 4.57. The van der Waals surface area contributed by atoms with Crippen molar-refractivity contribution in [3.8, 4) is 0 Å². The summed E-state index contributed by atoms with van der Waals surface area (Å²) in [6.45, 7) is 3.50. The SMILES string of the molecule is COC(=O)c1cc(C)nnc1C. The Labute approximate surface area is 70.6 Å². The lowest BCUT2D eigenvalue weighted by molar-refractivity contribution is 0.0599. The molecule has 12 heavy (non-hydrogen) atoms. The minimum Gasteiger partial charge on any atom is -0.465 e. The third-order valence-corrected chi connectivity index (χ3v) is 1.51. The number of rotatable bonds is 1. The van der Waals surface area contributed by atoms with E-state index in [0.717, 1.165) is 0 Å². The first kappa shape index (κ1) is 8.64. The highest BCUT2D eigenvalue weighted by Gasteiger charge is 2.10. The van der Waals surface area contributed by atoms with Gasteiger partial charge in [0.25, 0.3) is 0 Å². The summed E-state index contributed by atoms with van der Waals surface area (Å²) in [6, 6.07) is 1.66. The number of hydrogen-bond donors (Lipinski definition) is 0. The average Bonchev–Trinajstić information content (AvgIpc) is 2.08. The van der Waals surface area contributed by atoms with E-state index in [1.165, 1.54) is 7.11 Å². The van der Waals surface area contributed by atoms with Crippen LogP contribution in [-0.4, -0.2) is 23.3 Å². The van der Waals surface area contributed by atoms with Crippen LogP contribution >= 0.6 is 0 Å². The van der Waals surface area contributed by atoms with E-state index < -0.39 is 0 Å². The Morgan fingerprint density at radius 3 is 2.67 bits per heavy atom. The molecule has 0 aliphatic carbocycles.